The number of aryl methyl sites for hydroxylation is 2. The number of pyridine rings is 1. The smallest absolute Gasteiger partial charge is 0.324 e. The summed E-state index contributed by atoms with van der Waals surface area (Å²) in [7, 11) is 0. The average molecular weight is 583 g/mol. The van der Waals surface area contributed by atoms with Gasteiger partial charge in [-0.05, 0) is 72.9 Å². The van der Waals surface area contributed by atoms with E-state index in [-0.39, 0.29) is 26.1 Å². The topological polar surface area (TPSA) is 69.9 Å². The number of carbonyl (C=O) groups is 2. The van der Waals surface area contributed by atoms with E-state index >= 15 is 0 Å². The van der Waals surface area contributed by atoms with Gasteiger partial charge < -0.3 is 14.0 Å². The molecule has 220 valence electrons. The van der Waals surface area contributed by atoms with Gasteiger partial charge in [-0.1, -0.05) is 96.1 Å². The molecule has 0 spiro atoms. The summed E-state index contributed by atoms with van der Waals surface area (Å²) in [6.45, 7) is 4.23. The van der Waals surface area contributed by atoms with Gasteiger partial charge in [0.1, 0.15) is 18.7 Å². The number of ether oxygens (including phenoxy) is 2. The second-order valence-electron chi connectivity index (χ2n) is 11.4. The van der Waals surface area contributed by atoms with Crippen molar-refractivity contribution in [2.24, 2.45) is 10.4 Å². The molecule has 0 N–H and O–H groups in total. The minimum atomic E-state index is -1.51. The minimum absolute atomic E-state index is 0.0705. The van der Waals surface area contributed by atoms with Crippen LogP contribution in [0, 0.1) is 19.3 Å². The number of aromatic nitrogens is 1. The molecule has 0 fully saturated rings. The number of hydrogen-bond donors (Lipinski definition) is 0. The van der Waals surface area contributed by atoms with Gasteiger partial charge in [-0.3, -0.25) is 9.59 Å². The van der Waals surface area contributed by atoms with E-state index in [9.17, 15) is 9.59 Å². The highest BCUT2D eigenvalue weighted by Gasteiger charge is 2.53. The largest absolute Gasteiger partial charge is 0.460 e. The number of esters is 2. The summed E-state index contributed by atoms with van der Waals surface area (Å²) < 4.78 is 13.6. The SMILES string of the molecule is Cc1ccc(N=c2cc3c(cn2-c2ccc(C)cc2)CC(C(=O)OCc2ccccc2)(C(=O)OCc2ccccc2)C3)cc1. The predicted molar refractivity (Wildman–Crippen MR) is 169 cm³/mol. The molecule has 0 unspecified atom stereocenters. The van der Waals surface area contributed by atoms with Crippen LogP contribution in [-0.2, 0) is 45.1 Å². The van der Waals surface area contributed by atoms with Crippen LogP contribution in [-0.4, -0.2) is 16.5 Å². The first kappa shape index (κ1) is 28.9. The van der Waals surface area contributed by atoms with Crippen molar-refractivity contribution in [1.82, 2.24) is 4.57 Å². The number of hydrogen-bond acceptors (Lipinski definition) is 5. The first-order valence-corrected chi connectivity index (χ1v) is 14.7. The number of benzene rings is 4. The van der Waals surface area contributed by atoms with Crippen LogP contribution < -0.4 is 5.49 Å². The van der Waals surface area contributed by atoms with Crippen molar-refractivity contribution in [3.05, 3.63) is 160 Å². The first-order chi connectivity index (χ1) is 21.4. The van der Waals surface area contributed by atoms with Gasteiger partial charge in [0.25, 0.3) is 0 Å². The molecule has 4 aromatic carbocycles. The van der Waals surface area contributed by atoms with E-state index in [0.29, 0.717) is 5.49 Å². The second kappa shape index (κ2) is 12.6. The Balaban J connectivity index is 1.39. The van der Waals surface area contributed by atoms with Gasteiger partial charge in [-0.25, -0.2) is 4.99 Å². The van der Waals surface area contributed by atoms with Crippen molar-refractivity contribution in [2.45, 2.75) is 39.9 Å². The van der Waals surface area contributed by atoms with Crippen LogP contribution in [0.1, 0.15) is 33.4 Å². The lowest BCUT2D eigenvalue weighted by atomic mass is 9.84. The lowest BCUT2D eigenvalue weighted by molar-refractivity contribution is -0.173. The fourth-order valence-corrected chi connectivity index (χ4v) is 5.50. The van der Waals surface area contributed by atoms with Gasteiger partial charge in [-0.2, -0.15) is 0 Å². The third-order valence-corrected chi connectivity index (χ3v) is 8.03. The molecule has 6 nitrogen and oxygen atoms in total. The molecule has 6 heteroatoms. The Morgan fingerprint density at radius 2 is 1.18 bits per heavy atom. The maximum absolute atomic E-state index is 13.9. The number of nitrogens with zero attached hydrogens (tertiary/aromatic N) is 2. The quantitative estimate of drug-likeness (QED) is 0.147. The molecule has 1 aromatic heterocycles. The van der Waals surface area contributed by atoms with Crippen LogP contribution >= 0.6 is 0 Å². The van der Waals surface area contributed by atoms with Crippen molar-refractivity contribution in [2.75, 3.05) is 0 Å². The summed E-state index contributed by atoms with van der Waals surface area (Å²) in [6.07, 6.45) is 2.32. The summed E-state index contributed by atoms with van der Waals surface area (Å²) in [6, 6.07) is 37.1. The molecule has 0 saturated heterocycles. The minimum Gasteiger partial charge on any atom is -0.460 e. The third-order valence-electron chi connectivity index (χ3n) is 8.03. The Kier molecular flexibility index (Phi) is 8.24. The van der Waals surface area contributed by atoms with Crippen molar-refractivity contribution < 1.29 is 19.1 Å². The van der Waals surface area contributed by atoms with Crippen molar-refractivity contribution in [3.8, 4) is 5.69 Å². The van der Waals surface area contributed by atoms with Crippen LogP contribution in [0.3, 0.4) is 0 Å². The summed E-state index contributed by atoms with van der Waals surface area (Å²) in [5.41, 5.74) is 6.66. The molecule has 0 radical (unpaired) electrons. The highest BCUT2D eigenvalue weighted by atomic mass is 16.6. The Morgan fingerprint density at radius 1 is 0.682 bits per heavy atom. The highest BCUT2D eigenvalue weighted by molar-refractivity contribution is 6.01. The second-order valence-corrected chi connectivity index (χ2v) is 11.4. The fraction of sp³-hybridized carbons (Fsp3) is 0.184. The van der Waals surface area contributed by atoms with Crippen LogP contribution in [0.15, 0.2) is 126 Å². The Labute approximate surface area is 257 Å². The van der Waals surface area contributed by atoms with Crippen molar-refractivity contribution in [1.29, 1.82) is 0 Å². The first-order valence-electron chi connectivity index (χ1n) is 14.7. The molecule has 5 aromatic rings. The standard InChI is InChI=1S/C38H34N2O4/c1-27-13-17-33(18-14-27)39-35-21-31-22-38(36(41)43-25-29-9-5-3-6-10-29,37(42)44-26-30-11-7-4-8-12-30)23-32(31)24-40(35)34-19-15-28(2)16-20-34/h3-21,24H,22-23,25-26H2,1-2H3. The zero-order valence-corrected chi connectivity index (χ0v) is 24.9. The molecule has 0 saturated carbocycles. The van der Waals surface area contributed by atoms with Gasteiger partial charge in [0.05, 0.1) is 5.69 Å². The third kappa shape index (κ3) is 6.25. The predicted octanol–water partition coefficient (Wildman–Crippen LogP) is 6.90. The maximum Gasteiger partial charge on any atom is 0.324 e. The lowest BCUT2D eigenvalue weighted by Crippen LogP contribution is -2.42. The van der Waals surface area contributed by atoms with E-state index < -0.39 is 17.4 Å². The van der Waals surface area contributed by atoms with Crippen molar-refractivity contribution in [3.63, 3.8) is 0 Å². The monoisotopic (exact) mass is 582 g/mol. The van der Waals surface area contributed by atoms with E-state index in [1.54, 1.807) is 0 Å². The summed E-state index contributed by atoms with van der Waals surface area (Å²) in [5.74, 6) is -1.18. The summed E-state index contributed by atoms with van der Waals surface area (Å²) in [5, 5.41) is 0. The number of fused-ring (bicyclic) bond motifs is 1. The maximum atomic E-state index is 13.9. The molecule has 0 amide bonds. The number of rotatable bonds is 8. The average Bonchev–Trinajstić information content (AvgIpc) is 3.44. The van der Waals surface area contributed by atoms with Crippen LogP contribution in [0.25, 0.3) is 5.69 Å². The van der Waals surface area contributed by atoms with E-state index in [2.05, 4.69) is 12.1 Å². The molecular formula is C38H34N2O4. The zero-order valence-electron chi connectivity index (χ0n) is 24.9. The van der Waals surface area contributed by atoms with E-state index in [1.165, 1.54) is 0 Å². The van der Waals surface area contributed by atoms with E-state index in [1.807, 2.05) is 128 Å². The highest BCUT2D eigenvalue weighted by Crippen LogP contribution is 2.40. The van der Waals surface area contributed by atoms with Crippen molar-refractivity contribution >= 4 is 17.6 Å². The van der Waals surface area contributed by atoms with Gasteiger partial charge >= 0.3 is 11.9 Å². The lowest BCUT2D eigenvalue weighted by Gasteiger charge is -2.24. The van der Waals surface area contributed by atoms with Gasteiger partial charge in [0.2, 0.25) is 0 Å². The molecule has 0 atom stereocenters. The normalized spacial score (nSPS) is 13.7. The Hall–Kier alpha value is -5.23. The molecule has 1 aliphatic carbocycles. The summed E-state index contributed by atoms with van der Waals surface area (Å²) in [4.78, 5) is 32.8. The fourth-order valence-electron chi connectivity index (χ4n) is 5.50. The molecule has 44 heavy (non-hydrogen) atoms. The van der Waals surface area contributed by atoms with Crippen LogP contribution in [0.2, 0.25) is 0 Å². The Bertz CT molecular complexity index is 1790. The van der Waals surface area contributed by atoms with E-state index in [0.717, 1.165) is 44.8 Å². The molecule has 1 aliphatic rings. The van der Waals surface area contributed by atoms with Crippen LogP contribution in [0.5, 0.6) is 0 Å². The van der Waals surface area contributed by atoms with Gasteiger partial charge in [0.15, 0.2) is 5.41 Å². The molecule has 6 rings (SSSR count). The van der Waals surface area contributed by atoms with Crippen LogP contribution in [0.4, 0.5) is 5.69 Å². The Morgan fingerprint density at radius 3 is 1.73 bits per heavy atom. The van der Waals surface area contributed by atoms with E-state index in [4.69, 9.17) is 14.5 Å². The van der Waals surface area contributed by atoms with Gasteiger partial charge in [-0.15, -0.1) is 0 Å². The zero-order chi connectivity index (χ0) is 30.5. The molecular weight excluding hydrogens is 548 g/mol. The van der Waals surface area contributed by atoms with Gasteiger partial charge in [0, 0.05) is 18.3 Å². The molecule has 1 heterocycles. The molecule has 0 bridgehead atoms. The summed E-state index contributed by atoms with van der Waals surface area (Å²) >= 11 is 0. The molecule has 0 aliphatic heterocycles. The number of carbonyl (C=O) groups excluding carboxylic acids is 2.